The number of ether oxygens (including phenoxy) is 2. The van der Waals surface area contributed by atoms with Gasteiger partial charge in [-0.05, 0) is 41.8 Å². The lowest BCUT2D eigenvalue weighted by Gasteiger charge is -2.24. The molecule has 0 spiro atoms. The van der Waals surface area contributed by atoms with E-state index >= 15 is 0 Å². The Morgan fingerprint density at radius 1 is 1.04 bits per heavy atom. The summed E-state index contributed by atoms with van der Waals surface area (Å²) >= 11 is 0. The van der Waals surface area contributed by atoms with Gasteiger partial charge in [0.25, 0.3) is 0 Å². The number of hydrogen-bond donors (Lipinski definition) is 1. The number of aliphatic carboxylic acids is 1. The average Bonchev–Trinajstić information content (AvgIpc) is 2.68. The summed E-state index contributed by atoms with van der Waals surface area (Å²) in [6, 6.07) is 11.0. The van der Waals surface area contributed by atoms with E-state index in [-0.39, 0.29) is 18.3 Å². The van der Waals surface area contributed by atoms with Gasteiger partial charge in [0.05, 0.1) is 14.2 Å². The van der Waals surface area contributed by atoms with Crippen LogP contribution < -0.4 is 9.47 Å². The van der Waals surface area contributed by atoms with E-state index in [1.807, 2.05) is 6.07 Å². The fourth-order valence-electron chi connectivity index (χ4n) is 2.95. The molecular weight excluding hydrogens is 365 g/mol. The zero-order chi connectivity index (χ0) is 20.7. The molecule has 1 amide bonds. The van der Waals surface area contributed by atoms with Gasteiger partial charge in [-0.25, -0.2) is 4.39 Å². The average molecular weight is 389 g/mol. The van der Waals surface area contributed by atoms with Crippen molar-refractivity contribution >= 4 is 11.9 Å². The van der Waals surface area contributed by atoms with Gasteiger partial charge in [-0.3, -0.25) is 9.59 Å². The summed E-state index contributed by atoms with van der Waals surface area (Å²) in [4.78, 5) is 25.3. The van der Waals surface area contributed by atoms with Crippen molar-refractivity contribution in [3.8, 4) is 11.5 Å². The van der Waals surface area contributed by atoms with Crippen LogP contribution in [0, 0.1) is 11.7 Å². The molecule has 0 bridgehead atoms. The summed E-state index contributed by atoms with van der Waals surface area (Å²) in [6.07, 6.45) is 0.415. The zero-order valence-corrected chi connectivity index (χ0v) is 16.1. The maximum absolute atomic E-state index is 13.1. The normalized spacial score (nSPS) is 11.6. The van der Waals surface area contributed by atoms with Crippen LogP contribution in [0.4, 0.5) is 4.39 Å². The summed E-state index contributed by atoms with van der Waals surface area (Å²) in [5.41, 5.74) is 1.53. The quantitative estimate of drug-likeness (QED) is 0.713. The standard InChI is InChI=1S/C21H24FNO5/c1-14(10-16-6-9-18(27-2)19(11-16)28-3)21(26)23(13-20(24)25)12-15-4-7-17(22)8-5-15/h4-9,11,14H,10,12-13H2,1-3H3,(H,24,25). The topological polar surface area (TPSA) is 76.1 Å². The van der Waals surface area contributed by atoms with Crippen LogP contribution in [0.15, 0.2) is 42.5 Å². The molecule has 2 rings (SSSR count). The van der Waals surface area contributed by atoms with Crippen LogP contribution in [-0.2, 0) is 22.6 Å². The number of carbonyl (C=O) groups excluding carboxylic acids is 1. The largest absolute Gasteiger partial charge is 0.493 e. The third-order valence-corrected chi connectivity index (χ3v) is 4.34. The van der Waals surface area contributed by atoms with E-state index in [1.165, 1.54) is 36.3 Å². The van der Waals surface area contributed by atoms with Crippen molar-refractivity contribution in [1.82, 2.24) is 4.90 Å². The van der Waals surface area contributed by atoms with Crippen LogP contribution in [0.3, 0.4) is 0 Å². The highest BCUT2D eigenvalue weighted by atomic mass is 19.1. The first kappa shape index (κ1) is 21.2. The summed E-state index contributed by atoms with van der Waals surface area (Å²) in [5, 5.41) is 9.17. The number of methoxy groups -OCH3 is 2. The van der Waals surface area contributed by atoms with Crippen LogP contribution in [0.5, 0.6) is 11.5 Å². The fraction of sp³-hybridized carbons (Fsp3) is 0.333. The molecule has 1 N–H and O–H groups in total. The first-order valence-corrected chi connectivity index (χ1v) is 8.80. The minimum Gasteiger partial charge on any atom is -0.493 e. The third-order valence-electron chi connectivity index (χ3n) is 4.34. The van der Waals surface area contributed by atoms with Crippen LogP contribution >= 0.6 is 0 Å². The highest BCUT2D eigenvalue weighted by Crippen LogP contribution is 2.28. The first-order chi connectivity index (χ1) is 13.3. The molecule has 0 aliphatic rings. The molecule has 0 fully saturated rings. The number of carboxylic acids is 1. The van der Waals surface area contributed by atoms with Crippen LogP contribution in [0.25, 0.3) is 0 Å². The van der Waals surface area contributed by atoms with Crippen LogP contribution in [-0.4, -0.2) is 42.6 Å². The third kappa shape index (κ3) is 5.70. The molecule has 7 heteroatoms. The van der Waals surface area contributed by atoms with E-state index < -0.39 is 18.4 Å². The highest BCUT2D eigenvalue weighted by molar-refractivity contribution is 5.83. The number of rotatable bonds is 9. The summed E-state index contributed by atoms with van der Waals surface area (Å²) in [5.74, 6) is -1.07. The Labute approximate surface area is 163 Å². The molecule has 0 saturated carbocycles. The molecule has 6 nitrogen and oxygen atoms in total. The van der Waals surface area contributed by atoms with Crippen molar-refractivity contribution in [1.29, 1.82) is 0 Å². The maximum atomic E-state index is 13.1. The molecule has 150 valence electrons. The van der Waals surface area contributed by atoms with Crippen molar-refractivity contribution in [3.05, 3.63) is 59.4 Å². The Morgan fingerprint density at radius 2 is 1.64 bits per heavy atom. The molecule has 1 unspecified atom stereocenters. The van der Waals surface area contributed by atoms with Gasteiger partial charge in [0.15, 0.2) is 11.5 Å². The van der Waals surface area contributed by atoms with E-state index in [9.17, 15) is 14.0 Å². The number of carboxylic acid groups (broad SMARTS) is 1. The molecule has 1 atom stereocenters. The van der Waals surface area contributed by atoms with Gasteiger partial charge in [-0.15, -0.1) is 0 Å². The maximum Gasteiger partial charge on any atom is 0.323 e. The summed E-state index contributed by atoms with van der Waals surface area (Å²) in [6.45, 7) is 1.42. The highest BCUT2D eigenvalue weighted by Gasteiger charge is 2.23. The second-order valence-corrected chi connectivity index (χ2v) is 6.51. The molecular formula is C21H24FNO5. The lowest BCUT2D eigenvalue weighted by molar-refractivity contribution is -0.146. The van der Waals surface area contributed by atoms with Crippen molar-refractivity contribution < 1.29 is 28.6 Å². The molecule has 28 heavy (non-hydrogen) atoms. The Balaban J connectivity index is 2.13. The monoisotopic (exact) mass is 389 g/mol. The SMILES string of the molecule is COc1ccc(CC(C)C(=O)N(CC(=O)O)Cc2ccc(F)cc2)cc1OC. The number of amides is 1. The van der Waals surface area contributed by atoms with E-state index in [1.54, 1.807) is 26.2 Å². The van der Waals surface area contributed by atoms with E-state index in [4.69, 9.17) is 14.6 Å². The zero-order valence-electron chi connectivity index (χ0n) is 16.1. The van der Waals surface area contributed by atoms with Crippen molar-refractivity contribution in [2.75, 3.05) is 20.8 Å². The second kappa shape index (κ2) is 9.73. The number of carbonyl (C=O) groups is 2. The molecule has 0 saturated heterocycles. The predicted molar refractivity (Wildman–Crippen MR) is 102 cm³/mol. The number of halogens is 1. The van der Waals surface area contributed by atoms with Gasteiger partial charge in [0.1, 0.15) is 12.4 Å². The molecule has 2 aromatic carbocycles. The van der Waals surface area contributed by atoms with Gasteiger partial charge >= 0.3 is 5.97 Å². The van der Waals surface area contributed by atoms with Crippen molar-refractivity contribution in [2.24, 2.45) is 5.92 Å². The molecule has 2 aromatic rings. The van der Waals surface area contributed by atoms with Crippen LogP contribution in [0.1, 0.15) is 18.1 Å². The molecule has 0 radical (unpaired) electrons. The van der Waals surface area contributed by atoms with Gasteiger partial charge < -0.3 is 19.5 Å². The van der Waals surface area contributed by atoms with Gasteiger partial charge in [-0.2, -0.15) is 0 Å². The van der Waals surface area contributed by atoms with Gasteiger partial charge in [0, 0.05) is 12.5 Å². The lowest BCUT2D eigenvalue weighted by atomic mass is 9.99. The Hall–Kier alpha value is -3.09. The smallest absolute Gasteiger partial charge is 0.323 e. The lowest BCUT2D eigenvalue weighted by Crippen LogP contribution is -2.39. The Morgan fingerprint density at radius 3 is 2.21 bits per heavy atom. The minimum absolute atomic E-state index is 0.0989. The van der Waals surface area contributed by atoms with Gasteiger partial charge in [-0.1, -0.05) is 25.1 Å². The number of nitrogens with zero attached hydrogens (tertiary/aromatic N) is 1. The van der Waals surface area contributed by atoms with Gasteiger partial charge in [0.2, 0.25) is 5.91 Å². The molecule has 0 aliphatic carbocycles. The van der Waals surface area contributed by atoms with Crippen molar-refractivity contribution in [2.45, 2.75) is 19.9 Å². The molecule has 0 aliphatic heterocycles. The fourth-order valence-corrected chi connectivity index (χ4v) is 2.95. The first-order valence-electron chi connectivity index (χ1n) is 8.80. The molecule has 0 heterocycles. The summed E-state index contributed by atoms with van der Waals surface area (Å²) in [7, 11) is 3.08. The Bertz CT molecular complexity index is 822. The molecule has 0 aromatic heterocycles. The van der Waals surface area contributed by atoms with Crippen molar-refractivity contribution in [3.63, 3.8) is 0 Å². The van der Waals surface area contributed by atoms with E-state index in [0.29, 0.717) is 23.5 Å². The van der Waals surface area contributed by atoms with Crippen LogP contribution in [0.2, 0.25) is 0 Å². The number of benzene rings is 2. The summed E-state index contributed by atoms with van der Waals surface area (Å²) < 4.78 is 23.6. The predicted octanol–water partition coefficient (Wildman–Crippen LogP) is 3.13. The van der Waals surface area contributed by atoms with E-state index in [2.05, 4.69) is 0 Å². The minimum atomic E-state index is -1.10. The second-order valence-electron chi connectivity index (χ2n) is 6.51. The Kier molecular flexibility index (Phi) is 7.37. The number of hydrogen-bond acceptors (Lipinski definition) is 4. The van der Waals surface area contributed by atoms with E-state index in [0.717, 1.165) is 5.56 Å².